The summed E-state index contributed by atoms with van der Waals surface area (Å²) in [4.78, 5) is 0. The van der Waals surface area contributed by atoms with Crippen molar-refractivity contribution in [1.29, 1.82) is 0 Å². The lowest BCUT2D eigenvalue weighted by atomic mass is 10.00. The van der Waals surface area contributed by atoms with Crippen molar-refractivity contribution in [1.82, 2.24) is 0 Å². The minimum Gasteiger partial charge on any atom is -0.452 e. The van der Waals surface area contributed by atoms with E-state index in [4.69, 9.17) is 8.83 Å². The number of allylic oxidation sites excluding steroid dienone is 4. The zero-order valence-electron chi connectivity index (χ0n) is 17.7. The van der Waals surface area contributed by atoms with Gasteiger partial charge in [-0.25, -0.2) is 0 Å². The second-order valence-corrected chi connectivity index (χ2v) is 8.72. The SMILES string of the molecule is C1=CC(c2cc3c4c(c5cc(-c6ccc7ccccc7c6)oc5c3o2)=CCCC=4)=CCC1. The third-order valence-electron chi connectivity index (χ3n) is 6.72. The van der Waals surface area contributed by atoms with Crippen LogP contribution < -0.4 is 10.4 Å². The summed E-state index contributed by atoms with van der Waals surface area (Å²) in [5, 5.41) is 7.29. The number of hydrogen-bond donors (Lipinski definition) is 0. The molecular weight excluding hydrogens is 392 g/mol. The standard InChI is InChI=1S/C30H22O2/c1-2-9-20(10-3-1)27-17-25-23-12-6-7-13-24(23)26-18-28(32-30(26)29(25)31-27)22-15-14-19-8-4-5-11-21(19)16-22/h2,4-5,8-18H,1,3,6-7H2. The quantitative estimate of drug-likeness (QED) is 0.308. The summed E-state index contributed by atoms with van der Waals surface area (Å²) in [5.41, 5.74) is 3.95. The van der Waals surface area contributed by atoms with Gasteiger partial charge in [0.2, 0.25) is 0 Å². The van der Waals surface area contributed by atoms with Crippen molar-refractivity contribution < 1.29 is 8.83 Å². The number of hydrogen-bond acceptors (Lipinski definition) is 2. The van der Waals surface area contributed by atoms with E-state index in [1.807, 2.05) is 0 Å². The Morgan fingerprint density at radius 2 is 1.28 bits per heavy atom. The van der Waals surface area contributed by atoms with Crippen LogP contribution in [-0.2, 0) is 0 Å². The highest BCUT2D eigenvalue weighted by Crippen LogP contribution is 2.35. The van der Waals surface area contributed by atoms with Gasteiger partial charge >= 0.3 is 0 Å². The van der Waals surface area contributed by atoms with Gasteiger partial charge in [-0.3, -0.25) is 0 Å². The Bertz CT molecular complexity index is 1720. The van der Waals surface area contributed by atoms with Crippen LogP contribution in [0, 0.1) is 0 Å². The molecule has 0 bridgehead atoms. The molecule has 0 saturated heterocycles. The molecule has 32 heavy (non-hydrogen) atoms. The van der Waals surface area contributed by atoms with Crippen molar-refractivity contribution in [3.05, 3.63) is 89.0 Å². The molecular formula is C30H22O2. The van der Waals surface area contributed by atoms with Crippen LogP contribution in [0.4, 0.5) is 0 Å². The van der Waals surface area contributed by atoms with E-state index in [-0.39, 0.29) is 0 Å². The summed E-state index contributed by atoms with van der Waals surface area (Å²) in [6, 6.07) is 19.3. The average Bonchev–Trinajstić information content (AvgIpc) is 3.50. The van der Waals surface area contributed by atoms with Crippen LogP contribution in [0.2, 0.25) is 0 Å². The first kappa shape index (κ1) is 17.9. The van der Waals surface area contributed by atoms with E-state index < -0.39 is 0 Å². The highest BCUT2D eigenvalue weighted by Gasteiger charge is 2.19. The van der Waals surface area contributed by atoms with Crippen LogP contribution in [0.25, 0.3) is 61.8 Å². The summed E-state index contributed by atoms with van der Waals surface area (Å²) >= 11 is 0. The third kappa shape index (κ3) is 2.66. The molecule has 2 aliphatic rings. The predicted octanol–water partition coefficient (Wildman–Crippen LogP) is 7.09. The van der Waals surface area contributed by atoms with Gasteiger partial charge in [0.25, 0.3) is 0 Å². The minimum atomic E-state index is 0.847. The van der Waals surface area contributed by atoms with E-state index in [0.717, 1.165) is 70.3 Å². The Hall–Kier alpha value is -3.78. The first-order chi connectivity index (χ1) is 15.8. The molecule has 0 saturated carbocycles. The van der Waals surface area contributed by atoms with E-state index in [2.05, 4.69) is 85.0 Å². The molecule has 0 fully saturated rings. The zero-order valence-corrected chi connectivity index (χ0v) is 17.7. The largest absolute Gasteiger partial charge is 0.452 e. The summed E-state index contributed by atoms with van der Waals surface area (Å²) < 4.78 is 13.0. The van der Waals surface area contributed by atoms with Gasteiger partial charge in [-0.1, -0.05) is 66.8 Å². The van der Waals surface area contributed by atoms with Crippen LogP contribution in [0.5, 0.6) is 0 Å². The summed E-state index contributed by atoms with van der Waals surface area (Å²) in [7, 11) is 0. The summed E-state index contributed by atoms with van der Waals surface area (Å²) in [6.45, 7) is 0. The Labute approximate surface area is 185 Å². The van der Waals surface area contributed by atoms with Crippen molar-refractivity contribution in [3.8, 4) is 11.3 Å². The van der Waals surface area contributed by atoms with Crippen molar-refractivity contribution >= 4 is 50.4 Å². The number of fused-ring (bicyclic) bond motifs is 7. The van der Waals surface area contributed by atoms with Gasteiger partial charge < -0.3 is 8.83 Å². The maximum absolute atomic E-state index is 6.52. The normalized spacial score (nSPS) is 15.6. The topological polar surface area (TPSA) is 26.3 Å². The minimum absolute atomic E-state index is 0.847. The molecule has 0 N–H and O–H groups in total. The van der Waals surface area contributed by atoms with Gasteiger partial charge in [-0.15, -0.1) is 0 Å². The molecule has 2 heterocycles. The van der Waals surface area contributed by atoms with E-state index in [9.17, 15) is 0 Å². The van der Waals surface area contributed by atoms with Crippen molar-refractivity contribution in [2.45, 2.75) is 25.7 Å². The number of furan rings is 2. The van der Waals surface area contributed by atoms with Crippen molar-refractivity contribution in [2.24, 2.45) is 0 Å². The highest BCUT2D eigenvalue weighted by molar-refractivity contribution is 6.05. The van der Waals surface area contributed by atoms with Gasteiger partial charge in [0, 0.05) is 21.9 Å². The first-order valence-electron chi connectivity index (χ1n) is 11.4. The van der Waals surface area contributed by atoms with Crippen LogP contribution in [0.1, 0.15) is 31.4 Å². The fraction of sp³-hybridized carbons (Fsp3) is 0.133. The lowest BCUT2D eigenvalue weighted by Crippen LogP contribution is -2.27. The third-order valence-corrected chi connectivity index (χ3v) is 6.72. The van der Waals surface area contributed by atoms with Crippen molar-refractivity contribution in [3.63, 3.8) is 0 Å². The van der Waals surface area contributed by atoms with Gasteiger partial charge in [0.05, 0.1) is 0 Å². The molecule has 0 amide bonds. The maximum atomic E-state index is 6.52. The molecule has 7 rings (SSSR count). The Kier molecular flexibility index (Phi) is 3.83. The van der Waals surface area contributed by atoms with Crippen molar-refractivity contribution in [2.75, 3.05) is 0 Å². The molecule has 0 radical (unpaired) electrons. The van der Waals surface area contributed by atoms with Crippen LogP contribution in [-0.4, -0.2) is 0 Å². The van der Waals surface area contributed by atoms with Gasteiger partial charge in [0.15, 0.2) is 11.2 Å². The average molecular weight is 415 g/mol. The Morgan fingerprint density at radius 3 is 2.03 bits per heavy atom. The van der Waals surface area contributed by atoms with E-state index >= 15 is 0 Å². The zero-order chi connectivity index (χ0) is 21.1. The molecule has 0 atom stereocenters. The summed E-state index contributed by atoms with van der Waals surface area (Å²) in [6.07, 6.45) is 15.6. The molecule has 5 aromatic rings. The fourth-order valence-corrected chi connectivity index (χ4v) is 5.13. The van der Waals surface area contributed by atoms with Crippen LogP contribution in [0.15, 0.2) is 81.7 Å². The van der Waals surface area contributed by atoms with E-state index in [1.165, 1.54) is 21.2 Å². The number of benzene rings is 3. The second-order valence-electron chi connectivity index (χ2n) is 8.72. The summed E-state index contributed by atoms with van der Waals surface area (Å²) in [5.74, 6) is 1.81. The molecule has 2 nitrogen and oxygen atoms in total. The Morgan fingerprint density at radius 1 is 0.594 bits per heavy atom. The van der Waals surface area contributed by atoms with Gasteiger partial charge in [-0.2, -0.15) is 0 Å². The first-order valence-corrected chi connectivity index (χ1v) is 11.4. The fourth-order valence-electron chi connectivity index (χ4n) is 5.13. The molecule has 154 valence electrons. The monoisotopic (exact) mass is 414 g/mol. The van der Waals surface area contributed by atoms with Gasteiger partial charge in [0.1, 0.15) is 11.5 Å². The maximum Gasteiger partial charge on any atom is 0.178 e. The predicted molar refractivity (Wildman–Crippen MR) is 133 cm³/mol. The highest BCUT2D eigenvalue weighted by atomic mass is 16.4. The van der Waals surface area contributed by atoms with Gasteiger partial charge in [-0.05, 0) is 65.1 Å². The Balaban J connectivity index is 1.52. The molecule has 2 aliphatic carbocycles. The molecule has 0 aliphatic heterocycles. The molecule has 2 aromatic heterocycles. The van der Waals surface area contributed by atoms with Crippen LogP contribution in [0.3, 0.4) is 0 Å². The molecule has 2 heteroatoms. The molecule has 0 unspecified atom stereocenters. The van der Waals surface area contributed by atoms with E-state index in [0.29, 0.717) is 0 Å². The number of rotatable bonds is 2. The second kappa shape index (κ2) is 6.86. The molecule has 0 spiro atoms. The lowest BCUT2D eigenvalue weighted by Gasteiger charge is -2.02. The lowest BCUT2D eigenvalue weighted by molar-refractivity contribution is 0.580. The molecule has 3 aromatic carbocycles. The smallest absolute Gasteiger partial charge is 0.178 e. The van der Waals surface area contributed by atoms with E-state index in [1.54, 1.807) is 0 Å². The van der Waals surface area contributed by atoms with Crippen LogP contribution >= 0.6 is 0 Å².